The van der Waals surface area contributed by atoms with Crippen LogP contribution in [0.3, 0.4) is 0 Å². The lowest BCUT2D eigenvalue weighted by molar-refractivity contribution is -0.148. The van der Waals surface area contributed by atoms with Crippen molar-refractivity contribution in [3.8, 4) is 0 Å². The van der Waals surface area contributed by atoms with Crippen molar-refractivity contribution < 1.29 is 14.3 Å². The summed E-state index contributed by atoms with van der Waals surface area (Å²) in [4.78, 5) is 24.6. The van der Waals surface area contributed by atoms with Gasteiger partial charge in [-0.1, -0.05) is 60.1 Å². The number of amides is 1. The lowest BCUT2D eigenvalue weighted by atomic mass is 10.0. The average Bonchev–Trinajstić information content (AvgIpc) is 2.59. The van der Waals surface area contributed by atoms with Crippen LogP contribution in [-0.2, 0) is 16.1 Å². The number of hydrogen-bond donors (Lipinski definition) is 1. The minimum absolute atomic E-state index is 0.0740. The minimum atomic E-state index is -0.687. The summed E-state index contributed by atoms with van der Waals surface area (Å²) in [5, 5.41) is 2.76. The van der Waals surface area contributed by atoms with E-state index in [-0.39, 0.29) is 18.4 Å². The second-order valence-electron chi connectivity index (χ2n) is 5.80. The lowest BCUT2D eigenvalue weighted by Gasteiger charge is -2.21. The van der Waals surface area contributed by atoms with Crippen LogP contribution in [0.4, 0.5) is 0 Å². The van der Waals surface area contributed by atoms with E-state index in [0.717, 1.165) is 10.0 Å². The largest absolute Gasteiger partial charge is 0.459 e. The quantitative estimate of drug-likeness (QED) is 0.760. The Kier molecular flexibility index (Phi) is 6.55. The summed E-state index contributed by atoms with van der Waals surface area (Å²) in [5.41, 5.74) is 1.41. The Balaban J connectivity index is 1.97. The molecule has 2 aromatic carbocycles. The van der Waals surface area contributed by atoms with Gasteiger partial charge < -0.3 is 10.1 Å². The first-order valence-corrected chi connectivity index (χ1v) is 8.53. The average molecular weight is 390 g/mol. The smallest absolute Gasteiger partial charge is 0.329 e. The first-order valence-electron chi connectivity index (χ1n) is 7.74. The number of carbonyl (C=O) groups is 2. The summed E-state index contributed by atoms with van der Waals surface area (Å²) in [7, 11) is 0. The molecule has 0 saturated carbocycles. The fraction of sp³-hybridized carbons (Fsp3) is 0.263. The highest BCUT2D eigenvalue weighted by Gasteiger charge is 2.26. The van der Waals surface area contributed by atoms with Gasteiger partial charge in [0.2, 0.25) is 0 Å². The maximum atomic E-state index is 12.3. The Morgan fingerprint density at radius 1 is 1.04 bits per heavy atom. The molecule has 2 rings (SSSR count). The predicted molar refractivity (Wildman–Crippen MR) is 96.5 cm³/mol. The van der Waals surface area contributed by atoms with Gasteiger partial charge in [-0.15, -0.1) is 0 Å². The van der Waals surface area contributed by atoms with Gasteiger partial charge >= 0.3 is 5.97 Å². The zero-order valence-electron chi connectivity index (χ0n) is 13.7. The van der Waals surface area contributed by atoms with Gasteiger partial charge in [0.1, 0.15) is 12.6 Å². The van der Waals surface area contributed by atoms with Gasteiger partial charge in [-0.2, -0.15) is 0 Å². The molecule has 1 amide bonds. The lowest BCUT2D eigenvalue weighted by Crippen LogP contribution is -2.45. The highest BCUT2D eigenvalue weighted by Crippen LogP contribution is 2.13. The molecular weight excluding hydrogens is 370 g/mol. The summed E-state index contributed by atoms with van der Waals surface area (Å²) in [6, 6.07) is 15.7. The molecule has 0 aliphatic carbocycles. The van der Waals surface area contributed by atoms with Crippen LogP contribution in [0.2, 0.25) is 0 Å². The molecule has 0 heterocycles. The Labute approximate surface area is 150 Å². The molecule has 0 saturated heterocycles. The summed E-state index contributed by atoms with van der Waals surface area (Å²) in [6.07, 6.45) is 0. The van der Waals surface area contributed by atoms with Crippen LogP contribution in [0.5, 0.6) is 0 Å². The van der Waals surface area contributed by atoms with Gasteiger partial charge in [0.25, 0.3) is 5.91 Å². The third kappa shape index (κ3) is 5.20. The zero-order chi connectivity index (χ0) is 17.5. The number of carbonyl (C=O) groups excluding carboxylic acids is 2. The number of benzene rings is 2. The van der Waals surface area contributed by atoms with Crippen LogP contribution in [0.1, 0.15) is 29.8 Å². The van der Waals surface area contributed by atoms with Crippen LogP contribution in [-0.4, -0.2) is 17.9 Å². The Hall–Kier alpha value is -2.14. The van der Waals surface area contributed by atoms with Gasteiger partial charge in [-0.25, -0.2) is 4.79 Å². The second kappa shape index (κ2) is 8.64. The second-order valence-corrected chi connectivity index (χ2v) is 6.71. The first-order chi connectivity index (χ1) is 11.5. The number of nitrogens with one attached hydrogen (secondary N) is 1. The molecule has 0 aliphatic rings. The molecule has 126 valence electrons. The molecular formula is C19H20BrNO3. The molecule has 5 heteroatoms. The van der Waals surface area contributed by atoms with E-state index < -0.39 is 12.0 Å². The van der Waals surface area contributed by atoms with Crippen molar-refractivity contribution >= 4 is 27.8 Å². The molecule has 1 atom stereocenters. The summed E-state index contributed by atoms with van der Waals surface area (Å²) >= 11 is 3.36. The Morgan fingerprint density at radius 3 is 2.25 bits per heavy atom. The topological polar surface area (TPSA) is 55.4 Å². The third-order valence-corrected chi connectivity index (χ3v) is 4.07. The van der Waals surface area contributed by atoms with Crippen molar-refractivity contribution in [1.82, 2.24) is 5.32 Å². The van der Waals surface area contributed by atoms with E-state index in [1.54, 1.807) is 24.3 Å². The highest BCUT2D eigenvalue weighted by atomic mass is 79.9. The maximum absolute atomic E-state index is 12.3. The van der Waals surface area contributed by atoms with Crippen molar-refractivity contribution in [2.24, 2.45) is 5.92 Å². The normalized spacial score (nSPS) is 11.8. The highest BCUT2D eigenvalue weighted by molar-refractivity contribution is 9.10. The summed E-state index contributed by atoms with van der Waals surface area (Å²) < 4.78 is 6.32. The molecule has 2 aromatic rings. The zero-order valence-corrected chi connectivity index (χ0v) is 15.2. The van der Waals surface area contributed by atoms with Crippen molar-refractivity contribution in [2.45, 2.75) is 26.5 Å². The predicted octanol–water partition coefficient (Wildman–Crippen LogP) is 3.95. The SMILES string of the molecule is CC(C)C(NC(=O)c1ccccc1)C(=O)OCc1ccc(Br)cc1. The molecule has 1 N–H and O–H groups in total. The fourth-order valence-corrected chi connectivity index (χ4v) is 2.40. The number of ether oxygens (including phenoxy) is 1. The van der Waals surface area contributed by atoms with Crippen molar-refractivity contribution in [3.05, 3.63) is 70.2 Å². The van der Waals surface area contributed by atoms with Crippen molar-refractivity contribution in [2.75, 3.05) is 0 Å². The van der Waals surface area contributed by atoms with Gasteiger partial charge in [-0.3, -0.25) is 4.79 Å². The number of hydrogen-bond acceptors (Lipinski definition) is 3. The number of rotatable bonds is 6. The summed E-state index contributed by atoms with van der Waals surface area (Å²) in [5.74, 6) is -0.790. The van der Waals surface area contributed by atoms with Crippen LogP contribution in [0.25, 0.3) is 0 Å². The molecule has 0 spiro atoms. The fourth-order valence-electron chi connectivity index (χ4n) is 2.14. The molecule has 0 aromatic heterocycles. The van der Waals surface area contributed by atoms with E-state index in [2.05, 4.69) is 21.2 Å². The Morgan fingerprint density at radius 2 is 1.67 bits per heavy atom. The molecule has 0 fully saturated rings. The van der Waals surface area contributed by atoms with Gasteiger partial charge in [0, 0.05) is 10.0 Å². The first kappa shape index (κ1) is 18.2. The van der Waals surface area contributed by atoms with E-state index in [9.17, 15) is 9.59 Å². The monoisotopic (exact) mass is 389 g/mol. The van der Waals surface area contributed by atoms with Gasteiger partial charge in [0.05, 0.1) is 0 Å². The van der Waals surface area contributed by atoms with Gasteiger partial charge in [0.15, 0.2) is 0 Å². The van der Waals surface area contributed by atoms with Crippen LogP contribution < -0.4 is 5.32 Å². The number of esters is 1. The van der Waals surface area contributed by atoms with E-state index >= 15 is 0 Å². The van der Waals surface area contributed by atoms with E-state index in [0.29, 0.717) is 5.56 Å². The molecule has 24 heavy (non-hydrogen) atoms. The maximum Gasteiger partial charge on any atom is 0.329 e. The van der Waals surface area contributed by atoms with Gasteiger partial charge in [-0.05, 0) is 35.7 Å². The van der Waals surface area contributed by atoms with Crippen LogP contribution >= 0.6 is 15.9 Å². The van der Waals surface area contributed by atoms with E-state index in [4.69, 9.17) is 4.74 Å². The summed E-state index contributed by atoms with van der Waals surface area (Å²) in [6.45, 7) is 3.92. The third-order valence-electron chi connectivity index (χ3n) is 3.54. The molecule has 0 aliphatic heterocycles. The van der Waals surface area contributed by atoms with E-state index in [1.807, 2.05) is 44.2 Å². The van der Waals surface area contributed by atoms with Crippen LogP contribution in [0.15, 0.2) is 59.1 Å². The molecule has 0 bridgehead atoms. The molecule has 1 unspecified atom stereocenters. The minimum Gasteiger partial charge on any atom is -0.459 e. The van der Waals surface area contributed by atoms with Crippen molar-refractivity contribution in [3.63, 3.8) is 0 Å². The number of halogens is 1. The Bertz CT molecular complexity index is 684. The van der Waals surface area contributed by atoms with Crippen molar-refractivity contribution in [1.29, 1.82) is 0 Å². The van der Waals surface area contributed by atoms with Crippen LogP contribution in [0, 0.1) is 5.92 Å². The standard InChI is InChI=1S/C19H20BrNO3/c1-13(2)17(21-18(22)15-6-4-3-5-7-15)19(23)24-12-14-8-10-16(20)11-9-14/h3-11,13,17H,12H2,1-2H3,(H,21,22). The molecule has 0 radical (unpaired) electrons. The van der Waals surface area contributed by atoms with E-state index in [1.165, 1.54) is 0 Å². The molecule has 4 nitrogen and oxygen atoms in total.